The molecule has 9 heteroatoms. The van der Waals surface area contributed by atoms with Crippen LogP contribution < -0.4 is 10.0 Å². The third kappa shape index (κ3) is 5.96. The van der Waals surface area contributed by atoms with Crippen LogP contribution in [0.3, 0.4) is 0 Å². The first-order valence-electron chi connectivity index (χ1n) is 8.75. The van der Waals surface area contributed by atoms with E-state index in [9.17, 15) is 26.4 Å². The van der Waals surface area contributed by atoms with Gasteiger partial charge in [0.25, 0.3) is 10.0 Å². The number of amides is 1. The number of carbonyl (C=O) groups excluding carboxylic acids is 1. The topological polar surface area (TPSA) is 75.3 Å². The first kappa shape index (κ1) is 23.2. The number of alkyl halides is 3. The molecule has 0 fully saturated rings. The summed E-state index contributed by atoms with van der Waals surface area (Å²) in [6, 6.07) is 8.43. The molecule has 0 bridgehead atoms. The molecule has 0 aliphatic heterocycles. The maximum absolute atomic E-state index is 12.9. The number of hydrogen-bond donors (Lipinski definition) is 2. The molecule has 0 radical (unpaired) electrons. The molecule has 0 heterocycles. The van der Waals surface area contributed by atoms with Gasteiger partial charge >= 0.3 is 6.18 Å². The highest BCUT2D eigenvalue weighted by Gasteiger charge is 2.31. The fourth-order valence-electron chi connectivity index (χ4n) is 2.63. The van der Waals surface area contributed by atoms with E-state index in [1.165, 1.54) is 13.0 Å². The van der Waals surface area contributed by atoms with Crippen LogP contribution in [-0.2, 0) is 21.0 Å². The first-order chi connectivity index (χ1) is 13.8. The summed E-state index contributed by atoms with van der Waals surface area (Å²) in [6.07, 6.45) is -3.03. The number of sulfonamides is 1. The minimum atomic E-state index is -4.66. The maximum atomic E-state index is 12.9. The quantitative estimate of drug-likeness (QED) is 0.632. The van der Waals surface area contributed by atoms with E-state index in [1.54, 1.807) is 32.1 Å². The molecule has 0 saturated heterocycles. The van der Waals surface area contributed by atoms with Crippen LogP contribution in [0.15, 0.2) is 65.7 Å². The zero-order valence-electron chi connectivity index (χ0n) is 16.6. The summed E-state index contributed by atoms with van der Waals surface area (Å²) in [5, 5.41) is 2.60. The molecular formula is C21H21F3N2O3S. The van der Waals surface area contributed by atoms with Crippen molar-refractivity contribution in [2.45, 2.75) is 31.8 Å². The molecule has 160 valence electrons. The number of anilines is 1. The van der Waals surface area contributed by atoms with E-state index < -0.39 is 26.7 Å². The van der Waals surface area contributed by atoms with Crippen molar-refractivity contribution < 1.29 is 26.4 Å². The summed E-state index contributed by atoms with van der Waals surface area (Å²) in [5.41, 5.74) is 1.37. The number of rotatable bonds is 6. The monoisotopic (exact) mass is 438 g/mol. The zero-order chi connectivity index (χ0) is 22.7. The number of benzene rings is 2. The van der Waals surface area contributed by atoms with Crippen molar-refractivity contribution in [1.29, 1.82) is 0 Å². The van der Waals surface area contributed by atoms with Crippen LogP contribution in [0.2, 0.25) is 0 Å². The van der Waals surface area contributed by atoms with Gasteiger partial charge in [-0.25, -0.2) is 8.42 Å². The maximum Gasteiger partial charge on any atom is 0.416 e. The normalized spacial score (nSPS) is 12.4. The largest absolute Gasteiger partial charge is 0.416 e. The Labute approximate surface area is 173 Å². The predicted octanol–water partition coefficient (Wildman–Crippen LogP) is 4.87. The van der Waals surface area contributed by atoms with Crippen molar-refractivity contribution in [2.24, 2.45) is 0 Å². The van der Waals surface area contributed by atoms with Gasteiger partial charge in [0.1, 0.15) is 0 Å². The van der Waals surface area contributed by atoms with E-state index in [4.69, 9.17) is 0 Å². The lowest BCUT2D eigenvalue weighted by atomic mass is 10.0. The van der Waals surface area contributed by atoms with Crippen LogP contribution in [0.1, 0.15) is 30.5 Å². The Bertz CT molecular complexity index is 1120. The van der Waals surface area contributed by atoms with E-state index in [1.807, 2.05) is 0 Å². The molecular weight excluding hydrogens is 417 g/mol. The second-order valence-corrected chi connectivity index (χ2v) is 8.38. The summed E-state index contributed by atoms with van der Waals surface area (Å²) < 4.78 is 66.4. The van der Waals surface area contributed by atoms with Crippen LogP contribution in [0.25, 0.3) is 5.57 Å². The van der Waals surface area contributed by atoms with Gasteiger partial charge in [-0.1, -0.05) is 24.8 Å². The van der Waals surface area contributed by atoms with E-state index >= 15 is 0 Å². The highest BCUT2D eigenvalue weighted by molar-refractivity contribution is 7.92. The van der Waals surface area contributed by atoms with Gasteiger partial charge in [-0.15, -0.1) is 0 Å². The molecule has 2 aromatic carbocycles. The van der Waals surface area contributed by atoms with Gasteiger partial charge in [0.15, 0.2) is 0 Å². The van der Waals surface area contributed by atoms with E-state index in [0.29, 0.717) is 28.5 Å². The van der Waals surface area contributed by atoms with E-state index in [2.05, 4.69) is 16.6 Å². The molecule has 2 N–H and O–H groups in total. The molecule has 0 atom stereocenters. The molecule has 2 rings (SSSR count). The highest BCUT2D eigenvalue weighted by Crippen LogP contribution is 2.31. The molecule has 0 unspecified atom stereocenters. The van der Waals surface area contributed by atoms with Gasteiger partial charge in [-0.05, 0) is 60.9 Å². The van der Waals surface area contributed by atoms with Crippen LogP contribution in [0.5, 0.6) is 0 Å². The smallest absolute Gasteiger partial charge is 0.330 e. The summed E-state index contributed by atoms with van der Waals surface area (Å²) >= 11 is 0. The van der Waals surface area contributed by atoms with Gasteiger partial charge in [0.05, 0.1) is 16.1 Å². The Morgan fingerprint density at radius 3 is 2.37 bits per heavy atom. The van der Waals surface area contributed by atoms with Crippen LogP contribution in [0, 0.1) is 6.92 Å². The number of carbonyl (C=O) groups is 1. The van der Waals surface area contributed by atoms with Crippen LogP contribution in [-0.4, -0.2) is 14.3 Å². The van der Waals surface area contributed by atoms with Crippen molar-refractivity contribution in [1.82, 2.24) is 5.32 Å². The average Bonchev–Trinajstić information content (AvgIpc) is 2.62. The van der Waals surface area contributed by atoms with Gasteiger partial charge in [0.2, 0.25) is 5.91 Å². The average molecular weight is 438 g/mol. The van der Waals surface area contributed by atoms with Crippen LogP contribution in [0.4, 0.5) is 18.9 Å². The molecule has 0 spiro atoms. The Morgan fingerprint density at radius 1 is 1.10 bits per heavy atom. The summed E-state index contributed by atoms with van der Waals surface area (Å²) in [7, 11) is -4.25. The second-order valence-electron chi connectivity index (χ2n) is 6.69. The molecule has 2 aromatic rings. The van der Waals surface area contributed by atoms with Gasteiger partial charge < -0.3 is 5.32 Å². The SMILES string of the molecule is C=C(/C=C(\C)NC(C)=O)c1ccc(C)c(NS(=O)(=O)c2cccc(C(F)(F)F)c2)c1. The van der Waals surface area contributed by atoms with Crippen molar-refractivity contribution in [2.75, 3.05) is 4.72 Å². The highest BCUT2D eigenvalue weighted by atomic mass is 32.2. The van der Waals surface area contributed by atoms with E-state index in [-0.39, 0.29) is 11.6 Å². The summed E-state index contributed by atoms with van der Waals surface area (Å²) in [6.45, 7) is 8.61. The lowest BCUT2D eigenvalue weighted by molar-refractivity contribution is -0.137. The van der Waals surface area contributed by atoms with E-state index in [0.717, 1.165) is 18.2 Å². The molecule has 5 nitrogen and oxygen atoms in total. The van der Waals surface area contributed by atoms with Crippen molar-refractivity contribution in [3.63, 3.8) is 0 Å². The number of nitrogens with one attached hydrogen (secondary N) is 2. The third-order valence-corrected chi connectivity index (χ3v) is 5.45. The number of allylic oxidation sites excluding steroid dienone is 3. The molecule has 30 heavy (non-hydrogen) atoms. The molecule has 0 aromatic heterocycles. The minimum absolute atomic E-state index is 0.205. The van der Waals surface area contributed by atoms with Gasteiger partial charge in [-0.2, -0.15) is 13.2 Å². The number of halogens is 3. The van der Waals surface area contributed by atoms with Crippen molar-refractivity contribution in [3.8, 4) is 0 Å². The van der Waals surface area contributed by atoms with Crippen LogP contribution >= 0.6 is 0 Å². The van der Waals surface area contributed by atoms with Crippen molar-refractivity contribution >= 4 is 27.2 Å². The predicted molar refractivity (Wildman–Crippen MR) is 110 cm³/mol. The fraction of sp³-hybridized carbons (Fsp3) is 0.190. The summed E-state index contributed by atoms with van der Waals surface area (Å²) in [4.78, 5) is 10.6. The summed E-state index contributed by atoms with van der Waals surface area (Å²) in [5.74, 6) is -0.241. The van der Waals surface area contributed by atoms with Gasteiger partial charge in [0, 0.05) is 12.6 Å². The third-order valence-electron chi connectivity index (χ3n) is 4.09. The Balaban J connectivity index is 2.36. The second kappa shape index (κ2) is 8.74. The lowest BCUT2D eigenvalue weighted by Crippen LogP contribution is -2.17. The first-order valence-corrected chi connectivity index (χ1v) is 10.2. The van der Waals surface area contributed by atoms with Crippen molar-refractivity contribution in [3.05, 3.63) is 77.5 Å². The lowest BCUT2D eigenvalue weighted by Gasteiger charge is -2.14. The standard InChI is InChI=1S/C21H21F3N2O3S/c1-13-8-9-17(14(2)10-15(3)25-16(4)27)11-20(13)26-30(28,29)19-7-5-6-18(12-19)21(22,23)24/h5-12,26H,2H2,1,3-4H3,(H,25,27)/b15-10+. The molecule has 0 saturated carbocycles. The minimum Gasteiger partial charge on any atom is -0.330 e. The zero-order valence-corrected chi connectivity index (χ0v) is 17.4. The molecule has 0 aliphatic carbocycles. The van der Waals surface area contributed by atoms with Gasteiger partial charge in [-0.3, -0.25) is 9.52 Å². The number of aryl methyl sites for hydroxylation is 1. The fourth-order valence-corrected chi connectivity index (χ4v) is 3.80. The molecule has 0 aliphatic rings. The number of hydrogen-bond acceptors (Lipinski definition) is 3. The molecule has 1 amide bonds. The Morgan fingerprint density at radius 2 is 1.77 bits per heavy atom. The Hall–Kier alpha value is -3.07. The Kier molecular flexibility index (Phi) is 6.77.